The zero-order chi connectivity index (χ0) is 13.6. The van der Waals surface area contributed by atoms with Crippen molar-refractivity contribution in [2.45, 2.75) is 57.5 Å². The van der Waals surface area contributed by atoms with Gasteiger partial charge < -0.3 is 4.74 Å². The maximum atomic E-state index is 11.9. The van der Waals surface area contributed by atoms with Crippen molar-refractivity contribution in [1.82, 2.24) is 5.32 Å². The summed E-state index contributed by atoms with van der Waals surface area (Å²) in [6, 6.07) is 2.64. The van der Waals surface area contributed by atoms with E-state index in [2.05, 4.69) is 11.4 Å². The third kappa shape index (κ3) is 4.18. The van der Waals surface area contributed by atoms with Gasteiger partial charge in [-0.1, -0.05) is 6.42 Å². The van der Waals surface area contributed by atoms with E-state index in [0.717, 1.165) is 19.3 Å². The van der Waals surface area contributed by atoms with Crippen LogP contribution in [0.2, 0.25) is 0 Å². The second kappa shape index (κ2) is 7.01. The molecule has 104 valence electrons. The minimum Gasteiger partial charge on any atom is -0.376 e. The van der Waals surface area contributed by atoms with Crippen molar-refractivity contribution < 1.29 is 13.5 Å². The molecule has 1 fully saturated rings. The van der Waals surface area contributed by atoms with Crippen molar-refractivity contribution in [2.24, 2.45) is 5.92 Å². The SMILES string of the molecule is CC(C)NC1(C#N)CCCC1CCOCC(F)F. The molecule has 1 N–H and O–H groups in total. The van der Waals surface area contributed by atoms with Crippen LogP contribution >= 0.6 is 0 Å². The molecular weight excluding hydrogens is 238 g/mol. The number of halogens is 2. The van der Waals surface area contributed by atoms with Gasteiger partial charge in [-0.25, -0.2) is 8.78 Å². The fourth-order valence-electron chi connectivity index (χ4n) is 2.75. The normalized spacial score (nSPS) is 27.9. The average Bonchev–Trinajstić information content (AvgIpc) is 2.67. The van der Waals surface area contributed by atoms with Crippen molar-refractivity contribution in [1.29, 1.82) is 5.26 Å². The van der Waals surface area contributed by atoms with Crippen LogP contribution in [0.1, 0.15) is 39.5 Å². The van der Waals surface area contributed by atoms with Gasteiger partial charge in [0, 0.05) is 12.6 Å². The van der Waals surface area contributed by atoms with Crippen LogP contribution in [0.15, 0.2) is 0 Å². The number of ether oxygens (including phenoxy) is 1. The first kappa shape index (κ1) is 15.3. The van der Waals surface area contributed by atoms with Crippen molar-refractivity contribution in [3.8, 4) is 6.07 Å². The molecule has 2 unspecified atom stereocenters. The quantitative estimate of drug-likeness (QED) is 0.716. The number of hydrogen-bond donors (Lipinski definition) is 1. The van der Waals surface area contributed by atoms with Crippen molar-refractivity contribution >= 4 is 0 Å². The van der Waals surface area contributed by atoms with Crippen molar-refractivity contribution in [3.63, 3.8) is 0 Å². The van der Waals surface area contributed by atoms with E-state index in [4.69, 9.17) is 4.74 Å². The van der Waals surface area contributed by atoms with E-state index in [1.54, 1.807) is 0 Å². The molecule has 1 saturated carbocycles. The van der Waals surface area contributed by atoms with Crippen LogP contribution < -0.4 is 5.32 Å². The third-order valence-electron chi connectivity index (χ3n) is 3.42. The van der Waals surface area contributed by atoms with Gasteiger partial charge >= 0.3 is 0 Å². The minimum atomic E-state index is -2.41. The Morgan fingerprint density at radius 2 is 2.22 bits per heavy atom. The van der Waals surface area contributed by atoms with Gasteiger partial charge in [0.2, 0.25) is 0 Å². The van der Waals surface area contributed by atoms with Crippen LogP contribution in [0.25, 0.3) is 0 Å². The molecule has 0 radical (unpaired) electrons. The van der Waals surface area contributed by atoms with Gasteiger partial charge in [-0.3, -0.25) is 5.32 Å². The third-order valence-corrected chi connectivity index (χ3v) is 3.42. The molecule has 1 aliphatic carbocycles. The van der Waals surface area contributed by atoms with Crippen LogP contribution in [-0.2, 0) is 4.74 Å². The van der Waals surface area contributed by atoms with Gasteiger partial charge in [-0.05, 0) is 39.0 Å². The maximum Gasteiger partial charge on any atom is 0.261 e. The highest BCUT2D eigenvalue weighted by atomic mass is 19.3. The molecule has 0 aliphatic heterocycles. The number of nitriles is 1. The van der Waals surface area contributed by atoms with E-state index < -0.39 is 18.6 Å². The highest BCUT2D eigenvalue weighted by Gasteiger charge is 2.43. The Labute approximate surface area is 107 Å². The lowest BCUT2D eigenvalue weighted by molar-refractivity contribution is 0.0110. The first-order valence-electron chi connectivity index (χ1n) is 6.55. The molecule has 0 heterocycles. The van der Waals surface area contributed by atoms with E-state index in [-0.39, 0.29) is 12.0 Å². The van der Waals surface area contributed by atoms with Crippen LogP contribution in [0.3, 0.4) is 0 Å². The lowest BCUT2D eigenvalue weighted by Gasteiger charge is -2.32. The number of rotatable bonds is 7. The summed E-state index contributed by atoms with van der Waals surface area (Å²) in [5.41, 5.74) is -0.498. The summed E-state index contributed by atoms with van der Waals surface area (Å²) in [5, 5.41) is 12.7. The molecular formula is C13H22F2N2O. The molecule has 0 aromatic carbocycles. The summed E-state index contributed by atoms with van der Waals surface area (Å²) in [6.07, 6.45) is 1.06. The predicted octanol–water partition coefficient (Wildman–Crippen LogP) is 2.72. The van der Waals surface area contributed by atoms with Gasteiger partial charge in [-0.2, -0.15) is 5.26 Å². The molecule has 0 aromatic heterocycles. The molecule has 0 aromatic rings. The molecule has 0 spiro atoms. The lowest BCUT2D eigenvalue weighted by Crippen LogP contribution is -2.50. The highest BCUT2D eigenvalue weighted by Crippen LogP contribution is 2.37. The van der Waals surface area contributed by atoms with Crippen molar-refractivity contribution in [2.75, 3.05) is 13.2 Å². The van der Waals surface area contributed by atoms with Gasteiger partial charge in [0.1, 0.15) is 12.1 Å². The number of alkyl halides is 2. The highest BCUT2D eigenvalue weighted by molar-refractivity contribution is 5.14. The second-order valence-electron chi connectivity index (χ2n) is 5.23. The molecule has 0 bridgehead atoms. The van der Waals surface area contributed by atoms with Crippen LogP contribution in [0, 0.1) is 17.2 Å². The number of hydrogen-bond acceptors (Lipinski definition) is 3. The molecule has 2 atom stereocenters. The molecule has 0 saturated heterocycles. The Morgan fingerprint density at radius 3 is 2.78 bits per heavy atom. The smallest absolute Gasteiger partial charge is 0.261 e. The van der Waals surface area contributed by atoms with E-state index in [9.17, 15) is 14.0 Å². The standard InChI is InChI=1S/C13H22F2N2O/c1-10(2)17-13(9-16)6-3-4-11(13)5-7-18-8-12(14)15/h10-12,17H,3-8H2,1-2H3. The average molecular weight is 260 g/mol. The topological polar surface area (TPSA) is 45.0 Å². The molecule has 1 aliphatic rings. The zero-order valence-electron chi connectivity index (χ0n) is 11.1. The van der Waals surface area contributed by atoms with Crippen molar-refractivity contribution in [3.05, 3.63) is 0 Å². The molecule has 0 amide bonds. The van der Waals surface area contributed by atoms with Gasteiger partial charge in [0.15, 0.2) is 0 Å². The summed E-state index contributed by atoms with van der Waals surface area (Å²) < 4.78 is 28.8. The summed E-state index contributed by atoms with van der Waals surface area (Å²) in [7, 11) is 0. The first-order chi connectivity index (χ1) is 8.50. The Morgan fingerprint density at radius 1 is 1.50 bits per heavy atom. The summed E-state index contributed by atoms with van der Waals surface area (Å²) in [5.74, 6) is 0.197. The first-order valence-corrected chi connectivity index (χ1v) is 6.55. The largest absolute Gasteiger partial charge is 0.376 e. The fourth-order valence-corrected chi connectivity index (χ4v) is 2.75. The lowest BCUT2D eigenvalue weighted by atomic mass is 9.85. The monoisotopic (exact) mass is 260 g/mol. The van der Waals surface area contributed by atoms with E-state index in [0.29, 0.717) is 13.0 Å². The molecule has 3 nitrogen and oxygen atoms in total. The van der Waals surface area contributed by atoms with E-state index >= 15 is 0 Å². The Balaban J connectivity index is 2.45. The zero-order valence-corrected chi connectivity index (χ0v) is 11.1. The number of nitrogens with one attached hydrogen (secondary N) is 1. The maximum absolute atomic E-state index is 11.9. The summed E-state index contributed by atoms with van der Waals surface area (Å²) in [4.78, 5) is 0. The predicted molar refractivity (Wildman–Crippen MR) is 65.4 cm³/mol. The Bertz CT molecular complexity index is 291. The number of nitrogens with zero attached hydrogens (tertiary/aromatic N) is 1. The van der Waals surface area contributed by atoms with Gasteiger partial charge in [0.25, 0.3) is 6.43 Å². The summed E-state index contributed by atoms with van der Waals surface area (Å²) in [6.45, 7) is 3.83. The van der Waals surface area contributed by atoms with Crippen LogP contribution in [0.5, 0.6) is 0 Å². The van der Waals surface area contributed by atoms with E-state index in [1.807, 2.05) is 13.8 Å². The van der Waals surface area contributed by atoms with E-state index in [1.165, 1.54) is 0 Å². The minimum absolute atomic E-state index is 0.197. The summed E-state index contributed by atoms with van der Waals surface area (Å²) >= 11 is 0. The fraction of sp³-hybridized carbons (Fsp3) is 0.923. The van der Waals surface area contributed by atoms with Gasteiger partial charge in [-0.15, -0.1) is 0 Å². The van der Waals surface area contributed by atoms with Gasteiger partial charge in [0.05, 0.1) is 6.07 Å². The second-order valence-corrected chi connectivity index (χ2v) is 5.23. The molecule has 1 rings (SSSR count). The van der Waals surface area contributed by atoms with Crippen LogP contribution in [-0.4, -0.2) is 31.2 Å². The Hall–Kier alpha value is -0.730. The molecule has 5 heteroatoms. The Kier molecular flexibility index (Phi) is 5.97. The van der Waals surface area contributed by atoms with Crippen LogP contribution in [0.4, 0.5) is 8.78 Å². The molecule has 18 heavy (non-hydrogen) atoms.